The zero-order chi connectivity index (χ0) is 22.7. The normalized spacial score (nSPS) is 13.9. The fourth-order valence-electron chi connectivity index (χ4n) is 3.61. The Labute approximate surface area is 195 Å². The van der Waals surface area contributed by atoms with Crippen LogP contribution in [0.2, 0.25) is 10.0 Å². The molecule has 0 saturated carbocycles. The van der Waals surface area contributed by atoms with E-state index in [1.165, 1.54) is 6.07 Å². The summed E-state index contributed by atoms with van der Waals surface area (Å²) < 4.78 is 14.3. The predicted molar refractivity (Wildman–Crippen MR) is 125 cm³/mol. The molecule has 1 heterocycles. The molecule has 0 aromatic heterocycles. The average molecular weight is 472 g/mol. The van der Waals surface area contributed by atoms with Crippen LogP contribution in [0.3, 0.4) is 0 Å². The zero-order valence-corrected chi connectivity index (χ0v) is 18.5. The van der Waals surface area contributed by atoms with Crippen molar-refractivity contribution in [2.24, 2.45) is 0 Å². The molecule has 1 saturated heterocycles. The monoisotopic (exact) mass is 471 g/mol. The molecule has 3 aromatic carbocycles. The molecule has 32 heavy (non-hydrogen) atoms. The first-order valence-electron chi connectivity index (χ1n) is 10.1. The maximum Gasteiger partial charge on any atom is 0.324 e. The lowest BCUT2D eigenvalue weighted by atomic mass is 10.1. The first kappa shape index (κ1) is 22.1. The van der Waals surface area contributed by atoms with Crippen LogP contribution in [-0.2, 0) is 6.54 Å². The number of hydrogen-bond acceptors (Lipinski definition) is 2. The highest BCUT2D eigenvalue weighted by atomic mass is 35.5. The third kappa shape index (κ3) is 4.71. The fourth-order valence-corrected chi connectivity index (χ4v) is 4.03. The second-order valence-corrected chi connectivity index (χ2v) is 8.22. The van der Waals surface area contributed by atoms with E-state index < -0.39 is 5.82 Å². The van der Waals surface area contributed by atoms with Gasteiger partial charge in [-0.25, -0.2) is 9.18 Å². The van der Waals surface area contributed by atoms with Crippen molar-refractivity contribution in [2.45, 2.75) is 13.0 Å². The number of nitrogens with zero attached hydrogens (tertiary/aromatic N) is 2. The maximum atomic E-state index is 14.3. The molecule has 0 unspecified atom stereocenters. The van der Waals surface area contributed by atoms with E-state index in [2.05, 4.69) is 5.32 Å². The minimum absolute atomic E-state index is 0.0400. The average Bonchev–Trinajstić information content (AvgIpc) is 2.79. The topological polar surface area (TPSA) is 52.7 Å². The van der Waals surface area contributed by atoms with Gasteiger partial charge in [-0.05, 0) is 48.9 Å². The first-order valence-corrected chi connectivity index (χ1v) is 10.8. The van der Waals surface area contributed by atoms with E-state index in [1.54, 1.807) is 70.5 Å². The van der Waals surface area contributed by atoms with Gasteiger partial charge in [0, 0.05) is 30.0 Å². The second-order valence-electron chi connectivity index (χ2n) is 7.40. The quantitative estimate of drug-likeness (QED) is 0.480. The van der Waals surface area contributed by atoms with Crippen LogP contribution in [0.15, 0.2) is 66.7 Å². The molecule has 8 heteroatoms. The lowest BCUT2D eigenvalue weighted by molar-refractivity contribution is 0.102. The molecule has 4 rings (SSSR count). The Morgan fingerprint density at radius 3 is 2.41 bits per heavy atom. The number of carbonyl (C=O) groups excluding carboxylic acids is 2. The van der Waals surface area contributed by atoms with Crippen molar-refractivity contribution < 1.29 is 14.0 Å². The van der Waals surface area contributed by atoms with Crippen molar-refractivity contribution in [3.8, 4) is 0 Å². The van der Waals surface area contributed by atoms with Gasteiger partial charge in [0.25, 0.3) is 5.91 Å². The summed E-state index contributed by atoms with van der Waals surface area (Å²) in [5.74, 6) is -0.815. The van der Waals surface area contributed by atoms with Crippen molar-refractivity contribution in [3.05, 3.63) is 93.7 Å². The number of urea groups is 1. The molecule has 0 aliphatic carbocycles. The highest BCUT2D eigenvalue weighted by Gasteiger charge is 2.27. The van der Waals surface area contributed by atoms with E-state index >= 15 is 0 Å². The summed E-state index contributed by atoms with van der Waals surface area (Å²) in [6.45, 7) is 1.24. The van der Waals surface area contributed by atoms with Gasteiger partial charge in [0.15, 0.2) is 0 Å². The van der Waals surface area contributed by atoms with Crippen molar-refractivity contribution in [1.29, 1.82) is 0 Å². The summed E-state index contributed by atoms with van der Waals surface area (Å²) in [7, 11) is 0. The molecule has 3 amide bonds. The van der Waals surface area contributed by atoms with E-state index in [-0.39, 0.29) is 23.5 Å². The molecule has 3 aromatic rings. The molecule has 0 atom stereocenters. The van der Waals surface area contributed by atoms with Crippen molar-refractivity contribution in [1.82, 2.24) is 4.90 Å². The molecular formula is C24H20Cl2FN3O2. The molecule has 1 fully saturated rings. The third-order valence-corrected chi connectivity index (χ3v) is 5.88. The summed E-state index contributed by atoms with van der Waals surface area (Å²) in [5, 5.41) is 3.21. The third-order valence-electron chi connectivity index (χ3n) is 5.26. The molecule has 0 bridgehead atoms. The van der Waals surface area contributed by atoms with Gasteiger partial charge in [-0.1, -0.05) is 47.5 Å². The number of amides is 3. The van der Waals surface area contributed by atoms with E-state index in [1.807, 2.05) is 0 Å². The number of hydrogen-bond donors (Lipinski definition) is 1. The second kappa shape index (κ2) is 9.59. The Bertz CT molecular complexity index is 1150. The van der Waals surface area contributed by atoms with E-state index in [9.17, 15) is 14.0 Å². The van der Waals surface area contributed by atoms with Gasteiger partial charge in [0.2, 0.25) is 0 Å². The summed E-state index contributed by atoms with van der Waals surface area (Å²) in [4.78, 5) is 28.7. The zero-order valence-electron chi connectivity index (χ0n) is 17.0. The number of carbonyl (C=O) groups is 2. The number of anilines is 2. The summed E-state index contributed by atoms with van der Waals surface area (Å²) >= 11 is 11.9. The maximum absolute atomic E-state index is 14.3. The minimum atomic E-state index is -0.502. The SMILES string of the molecule is O=C(Nc1ccc(N2CCCN(Cc3cccc(Cl)c3F)C2=O)cc1)c1ccccc1Cl. The van der Waals surface area contributed by atoms with Gasteiger partial charge in [0.1, 0.15) is 5.82 Å². The molecule has 1 N–H and O–H groups in total. The Morgan fingerprint density at radius 2 is 1.66 bits per heavy atom. The standard InChI is InChI=1S/C24H20Cl2FN3O2/c25-20-7-2-1-6-19(20)23(31)28-17-9-11-18(12-10-17)30-14-4-13-29(24(30)32)15-16-5-3-8-21(26)22(16)27/h1-3,5-12H,4,13-15H2,(H,28,31). The molecular weight excluding hydrogens is 452 g/mol. The van der Waals surface area contributed by atoms with Gasteiger partial charge < -0.3 is 10.2 Å². The number of nitrogens with one attached hydrogen (secondary N) is 1. The van der Waals surface area contributed by atoms with Gasteiger partial charge in [-0.15, -0.1) is 0 Å². The molecule has 0 spiro atoms. The predicted octanol–water partition coefficient (Wildman–Crippen LogP) is 6.22. The van der Waals surface area contributed by atoms with Gasteiger partial charge in [-0.2, -0.15) is 0 Å². The van der Waals surface area contributed by atoms with Crippen LogP contribution >= 0.6 is 23.2 Å². The summed E-state index contributed by atoms with van der Waals surface area (Å²) in [6, 6.07) is 18.4. The van der Waals surface area contributed by atoms with Crippen LogP contribution in [0, 0.1) is 5.82 Å². The van der Waals surface area contributed by atoms with Crippen LogP contribution < -0.4 is 10.2 Å². The lowest BCUT2D eigenvalue weighted by Crippen LogP contribution is -2.49. The summed E-state index contributed by atoms with van der Waals surface area (Å²) in [6.07, 6.45) is 0.749. The first-order chi connectivity index (χ1) is 15.4. The van der Waals surface area contributed by atoms with Crippen LogP contribution in [0.5, 0.6) is 0 Å². The molecule has 0 radical (unpaired) electrons. The Balaban J connectivity index is 1.45. The fraction of sp³-hybridized carbons (Fsp3) is 0.167. The van der Waals surface area contributed by atoms with E-state index in [0.29, 0.717) is 40.6 Å². The van der Waals surface area contributed by atoms with Gasteiger partial charge in [0.05, 0.1) is 22.2 Å². The van der Waals surface area contributed by atoms with Crippen LogP contribution in [-0.4, -0.2) is 29.9 Å². The lowest BCUT2D eigenvalue weighted by Gasteiger charge is -2.35. The molecule has 5 nitrogen and oxygen atoms in total. The Hall–Kier alpha value is -3.09. The largest absolute Gasteiger partial charge is 0.324 e. The molecule has 1 aliphatic heterocycles. The number of halogens is 3. The van der Waals surface area contributed by atoms with E-state index in [0.717, 1.165) is 6.42 Å². The van der Waals surface area contributed by atoms with Gasteiger partial charge in [-0.3, -0.25) is 9.69 Å². The van der Waals surface area contributed by atoms with E-state index in [4.69, 9.17) is 23.2 Å². The van der Waals surface area contributed by atoms with Crippen molar-refractivity contribution >= 4 is 46.5 Å². The van der Waals surface area contributed by atoms with Crippen LogP contribution in [0.1, 0.15) is 22.3 Å². The summed E-state index contributed by atoms with van der Waals surface area (Å²) in [5.41, 5.74) is 2.04. The van der Waals surface area contributed by atoms with Crippen molar-refractivity contribution in [2.75, 3.05) is 23.3 Å². The van der Waals surface area contributed by atoms with Crippen LogP contribution in [0.25, 0.3) is 0 Å². The Kier molecular flexibility index (Phi) is 6.63. The number of rotatable bonds is 5. The van der Waals surface area contributed by atoms with Crippen LogP contribution in [0.4, 0.5) is 20.6 Å². The minimum Gasteiger partial charge on any atom is -0.322 e. The van der Waals surface area contributed by atoms with Gasteiger partial charge >= 0.3 is 6.03 Å². The highest BCUT2D eigenvalue weighted by Crippen LogP contribution is 2.26. The Morgan fingerprint density at radius 1 is 0.938 bits per heavy atom. The van der Waals surface area contributed by atoms with Crippen molar-refractivity contribution in [3.63, 3.8) is 0 Å². The molecule has 1 aliphatic rings. The molecule has 164 valence electrons. The highest BCUT2D eigenvalue weighted by molar-refractivity contribution is 6.34. The number of benzene rings is 3. The smallest absolute Gasteiger partial charge is 0.322 e.